The van der Waals surface area contributed by atoms with Gasteiger partial charge in [0.1, 0.15) is 0 Å². The number of pyridine rings is 1. The molecule has 0 atom stereocenters. The summed E-state index contributed by atoms with van der Waals surface area (Å²) in [6.07, 6.45) is 5.18. The van der Waals surface area contributed by atoms with E-state index in [9.17, 15) is 4.79 Å². The van der Waals surface area contributed by atoms with Crippen molar-refractivity contribution in [2.45, 2.75) is 0 Å². The lowest BCUT2D eigenvalue weighted by Gasteiger charge is -2.07. The minimum atomic E-state index is -0.00293. The maximum absolute atomic E-state index is 11.4. The molecule has 1 aromatic carbocycles. The van der Waals surface area contributed by atoms with Crippen LogP contribution in [0.2, 0.25) is 0 Å². The molecule has 1 aromatic heterocycles. The molecule has 3 nitrogen and oxygen atoms in total. The van der Waals surface area contributed by atoms with Gasteiger partial charge in [-0.15, -0.1) is 6.42 Å². The molecule has 0 aliphatic carbocycles. The first-order chi connectivity index (χ1) is 7.72. The van der Waals surface area contributed by atoms with Gasteiger partial charge in [0.2, 0.25) is 0 Å². The zero-order valence-corrected chi connectivity index (χ0v) is 9.03. The van der Waals surface area contributed by atoms with Crippen LogP contribution in [0.1, 0.15) is 0 Å². The third kappa shape index (κ3) is 1.78. The molecule has 2 aromatic rings. The highest BCUT2D eigenvalue weighted by molar-refractivity contribution is 5.82. The third-order valence-corrected chi connectivity index (χ3v) is 2.52. The summed E-state index contributed by atoms with van der Waals surface area (Å²) in [5, 5.41) is 4.11. The van der Waals surface area contributed by atoms with Crippen molar-refractivity contribution in [3.63, 3.8) is 0 Å². The second-order valence-corrected chi connectivity index (χ2v) is 3.56. The summed E-state index contributed by atoms with van der Waals surface area (Å²) in [7, 11) is 1.76. The lowest BCUT2D eigenvalue weighted by molar-refractivity contribution is 0.906. The standard InChI is InChI=1S/C13H12N2O/c1-3-8-14-11-5-6-12-10(9-11)4-7-13(16)15(12)2/h1,4-7,9,14H,8H2,2H3. The number of rotatable bonds is 2. The largest absolute Gasteiger partial charge is 0.374 e. The molecule has 0 radical (unpaired) electrons. The van der Waals surface area contributed by atoms with E-state index in [2.05, 4.69) is 11.2 Å². The molecule has 1 heterocycles. The summed E-state index contributed by atoms with van der Waals surface area (Å²) in [4.78, 5) is 11.4. The van der Waals surface area contributed by atoms with E-state index in [1.54, 1.807) is 17.7 Å². The average molecular weight is 212 g/mol. The van der Waals surface area contributed by atoms with Gasteiger partial charge in [-0.05, 0) is 24.3 Å². The molecule has 0 aliphatic heterocycles. The Labute approximate surface area is 93.7 Å². The van der Waals surface area contributed by atoms with Gasteiger partial charge in [0.25, 0.3) is 5.56 Å². The second kappa shape index (κ2) is 4.11. The average Bonchev–Trinajstić information content (AvgIpc) is 2.31. The Morgan fingerprint density at radius 3 is 2.94 bits per heavy atom. The van der Waals surface area contributed by atoms with Crippen LogP contribution in [0.25, 0.3) is 10.9 Å². The number of nitrogens with one attached hydrogen (secondary N) is 1. The van der Waals surface area contributed by atoms with Gasteiger partial charge in [-0.3, -0.25) is 4.79 Å². The number of hydrogen-bond donors (Lipinski definition) is 1. The summed E-state index contributed by atoms with van der Waals surface area (Å²) in [5.74, 6) is 2.52. The monoisotopic (exact) mass is 212 g/mol. The number of fused-ring (bicyclic) bond motifs is 1. The van der Waals surface area contributed by atoms with Gasteiger partial charge >= 0.3 is 0 Å². The molecule has 0 bridgehead atoms. The van der Waals surface area contributed by atoms with E-state index in [0.717, 1.165) is 16.6 Å². The SMILES string of the molecule is C#CCNc1ccc2c(ccc(=O)n2C)c1. The van der Waals surface area contributed by atoms with Crippen LogP contribution < -0.4 is 10.9 Å². The van der Waals surface area contributed by atoms with E-state index >= 15 is 0 Å². The zero-order valence-electron chi connectivity index (χ0n) is 9.03. The van der Waals surface area contributed by atoms with Crippen LogP contribution >= 0.6 is 0 Å². The fourth-order valence-corrected chi connectivity index (χ4v) is 1.65. The number of terminal acetylenes is 1. The van der Waals surface area contributed by atoms with Gasteiger partial charge in [-0.25, -0.2) is 0 Å². The predicted molar refractivity (Wildman–Crippen MR) is 66.5 cm³/mol. The minimum Gasteiger partial charge on any atom is -0.374 e. The lowest BCUT2D eigenvalue weighted by atomic mass is 10.2. The number of aromatic nitrogens is 1. The Morgan fingerprint density at radius 1 is 1.38 bits per heavy atom. The van der Waals surface area contributed by atoms with Crippen LogP contribution in [-0.4, -0.2) is 11.1 Å². The van der Waals surface area contributed by atoms with Gasteiger partial charge in [0.05, 0.1) is 12.1 Å². The Kier molecular flexibility index (Phi) is 2.65. The fraction of sp³-hybridized carbons (Fsp3) is 0.154. The van der Waals surface area contributed by atoms with E-state index in [4.69, 9.17) is 6.42 Å². The maximum atomic E-state index is 11.4. The van der Waals surface area contributed by atoms with E-state index in [1.165, 1.54) is 0 Å². The summed E-state index contributed by atoms with van der Waals surface area (Å²) < 4.78 is 1.63. The Morgan fingerprint density at radius 2 is 2.19 bits per heavy atom. The minimum absolute atomic E-state index is 0.00293. The van der Waals surface area contributed by atoms with Gasteiger partial charge < -0.3 is 9.88 Å². The highest BCUT2D eigenvalue weighted by atomic mass is 16.1. The predicted octanol–water partition coefficient (Wildman–Crippen LogP) is 1.58. The molecule has 3 heteroatoms. The molecule has 80 valence electrons. The van der Waals surface area contributed by atoms with Crippen molar-refractivity contribution in [1.29, 1.82) is 0 Å². The van der Waals surface area contributed by atoms with E-state index in [0.29, 0.717) is 6.54 Å². The number of benzene rings is 1. The first kappa shape index (κ1) is 10.3. The molecule has 0 aliphatic rings. The Hall–Kier alpha value is -2.21. The first-order valence-electron chi connectivity index (χ1n) is 4.99. The maximum Gasteiger partial charge on any atom is 0.250 e. The molecule has 0 spiro atoms. The van der Waals surface area contributed by atoms with Crippen LogP contribution in [0.5, 0.6) is 0 Å². The normalized spacial score (nSPS) is 10.0. The van der Waals surface area contributed by atoms with Gasteiger partial charge in [0.15, 0.2) is 0 Å². The van der Waals surface area contributed by atoms with Crippen LogP contribution in [0.4, 0.5) is 5.69 Å². The molecule has 2 rings (SSSR count). The smallest absolute Gasteiger partial charge is 0.250 e. The summed E-state index contributed by atoms with van der Waals surface area (Å²) in [6.45, 7) is 0.497. The quantitative estimate of drug-likeness (QED) is 0.767. The molecule has 0 fully saturated rings. The summed E-state index contributed by atoms with van der Waals surface area (Å²) in [5.41, 5.74) is 1.87. The second-order valence-electron chi connectivity index (χ2n) is 3.56. The van der Waals surface area contributed by atoms with E-state index in [-0.39, 0.29) is 5.56 Å². The van der Waals surface area contributed by atoms with Gasteiger partial charge in [-0.1, -0.05) is 5.92 Å². The van der Waals surface area contributed by atoms with E-state index < -0.39 is 0 Å². The van der Waals surface area contributed by atoms with Crippen molar-refractivity contribution in [2.75, 3.05) is 11.9 Å². The van der Waals surface area contributed by atoms with Crippen molar-refractivity contribution in [1.82, 2.24) is 4.57 Å². The zero-order chi connectivity index (χ0) is 11.5. The topological polar surface area (TPSA) is 34.0 Å². The number of aryl methyl sites for hydroxylation is 1. The van der Waals surface area contributed by atoms with Crippen LogP contribution in [0.3, 0.4) is 0 Å². The molecule has 0 amide bonds. The van der Waals surface area contributed by atoms with Gasteiger partial charge in [-0.2, -0.15) is 0 Å². The molecular weight excluding hydrogens is 200 g/mol. The molecule has 1 N–H and O–H groups in total. The highest BCUT2D eigenvalue weighted by Crippen LogP contribution is 2.16. The van der Waals surface area contributed by atoms with Crippen LogP contribution in [0.15, 0.2) is 35.1 Å². The van der Waals surface area contributed by atoms with Crippen molar-refractivity contribution in [3.05, 3.63) is 40.7 Å². The Bertz CT molecular complexity index is 620. The highest BCUT2D eigenvalue weighted by Gasteiger charge is 1.99. The Balaban J connectivity index is 2.53. The number of nitrogens with zero attached hydrogens (tertiary/aromatic N) is 1. The van der Waals surface area contributed by atoms with Crippen molar-refractivity contribution in [2.24, 2.45) is 7.05 Å². The molecule has 0 saturated carbocycles. The fourth-order valence-electron chi connectivity index (χ4n) is 1.65. The summed E-state index contributed by atoms with van der Waals surface area (Å²) >= 11 is 0. The summed E-state index contributed by atoms with van der Waals surface area (Å²) in [6, 6.07) is 9.19. The third-order valence-electron chi connectivity index (χ3n) is 2.52. The molecule has 0 unspecified atom stereocenters. The van der Waals surface area contributed by atoms with Crippen LogP contribution in [0, 0.1) is 12.3 Å². The van der Waals surface area contributed by atoms with Crippen molar-refractivity contribution >= 4 is 16.6 Å². The first-order valence-corrected chi connectivity index (χ1v) is 4.99. The number of anilines is 1. The van der Waals surface area contributed by atoms with Crippen molar-refractivity contribution < 1.29 is 0 Å². The molecule has 16 heavy (non-hydrogen) atoms. The van der Waals surface area contributed by atoms with Crippen LogP contribution in [-0.2, 0) is 7.05 Å². The molecule has 0 saturated heterocycles. The van der Waals surface area contributed by atoms with E-state index in [1.807, 2.05) is 24.3 Å². The van der Waals surface area contributed by atoms with Gasteiger partial charge in [0, 0.05) is 24.2 Å². The lowest BCUT2D eigenvalue weighted by Crippen LogP contribution is -2.14. The number of hydrogen-bond acceptors (Lipinski definition) is 2. The molecular formula is C13H12N2O. The van der Waals surface area contributed by atoms with Crippen molar-refractivity contribution in [3.8, 4) is 12.3 Å².